The lowest BCUT2D eigenvalue weighted by atomic mass is 9.94. The first-order valence-corrected chi connectivity index (χ1v) is 8.58. The Kier molecular flexibility index (Phi) is 5.94. The van der Waals surface area contributed by atoms with Crippen LogP contribution in [0.4, 0.5) is 0 Å². The summed E-state index contributed by atoms with van der Waals surface area (Å²) in [4.78, 5) is 0. The number of ether oxygens (including phenoxy) is 1. The lowest BCUT2D eigenvalue weighted by molar-refractivity contribution is 0.274. The van der Waals surface area contributed by atoms with Gasteiger partial charge in [-0.2, -0.15) is 11.8 Å². The number of hydrogen-bond acceptors (Lipinski definition) is 2. The molecule has 2 heteroatoms. The van der Waals surface area contributed by atoms with Gasteiger partial charge in [-0.1, -0.05) is 55.2 Å². The lowest BCUT2D eigenvalue weighted by Crippen LogP contribution is -1.94. The van der Waals surface area contributed by atoms with Crippen molar-refractivity contribution in [2.24, 2.45) is 0 Å². The van der Waals surface area contributed by atoms with Gasteiger partial charge < -0.3 is 4.74 Å². The molecule has 0 radical (unpaired) electrons. The Morgan fingerprint density at radius 3 is 3.05 bits per heavy atom. The molecule has 0 saturated carbocycles. The average Bonchev–Trinajstić information content (AvgIpc) is 2.71. The lowest BCUT2D eigenvalue weighted by Gasteiger charge is -2.07. The van der Waals surface area contributed by atoms with Crippen LogP contribution < -0.4 is 0 Å². The first kappa shape index (κ1) is 15.7. The van der Waals surface area contributed by atoms with Gasteiger partial charge in [-0.15, -0.1) is 0 Å². The van der Waals surface area contributed by atoms with Crippen molar-refractivity contribution in [3.05, 3.63) is 83.2 Å². The van der Waals surface area contributed by atoms with E-state index in [4.69, 9.17) is 4.74 Å². The first-order valence-electron chi connectivity index (χ1n) is 7.19. The Morgan fingerprint density at radius 1 is 1.43 bits per heavy atom. The SMILES string of the molecule is C=C1OCC(C(/C=C\CSC)=C/C)=C1C1=CC=CCC=C1. The van der Waals surface area contributed by atoms with Crippen LogP contribution in [0.3, 0.4) is 0 Å². The number of hydrogen-bond donors (Lipinski definition) is 0. The van der Waals surface area contributed by atoms with Gasteiger partial charge in [0.25, 0.3) is 0 Å². The van der Waals surface area contributed by atoms with E-state index in [0.29, 0.717) is 6.61 Å². The zero-order valence-electron chi connectivity index (χ0n) is 12.8. The molecule has 1 nitrogen and oxygen atoms in total. The van der Waals surface area contributed by atoms with E-state index < -0.39 is 0 Å². The van der Waals surface area contributed by atoms with Crippen LogP contribution >= 0.6 is 11.8 Å². The summed E-state index contributed by atoms with van der Waals surface area (Å²) in [6, 6.07) is 0. The summed E-state index contributed by atoms with van der Waals surface area (Å²) in [5.41, 5.74) is 4.77. The normalized spacial score (nSPS) is 19.2. The molecule has 0 unspecified atom stereocenters. The molecule has 1 aliphatic heterocycles. The molecule has 0 aromatic rings. The van der Waals surface area contributed by atoms with Crippen molar-refractivity contribution in [2.75, 3.05) is 18.6 Å². The third kappa shape index (κ3) is 3.92. The molecule has 1 aliphatic carbocycles. The molecule has 2 aliphatic rings. The molecule has 0 aromatic heterocycles. The van der Waals surface area contributed by atoms with Crippen molar-refractivity contribution in [2.45, 2.75) is 13.3 Å². The number of rotatable bonds is 5. The molecule has 0 N–H and O–H groups in total. The van der Waals surface area contributed by atoms with Crippen LogP contribution in [0.25, 0.3) is 0 Å². The van der Waals surface area contributed by atoms with Crippen LogP contribution in [0.5, 0.6) is 0 Å². The summed E-state index contributed by atoms with van der Waals surface area (Å²) in [5.74, 6) is 1.79. The molecule has 0 amide bonds. The summed E-state index contributed by atoms with van der Waals surface area (Å²) in [7, 11) is 0. The van der Waals surface area contributed by atoms with Crippen molar-refractivity contribution in [3.63, 3.8) is 0 Å². The molecular formula is C19H22OS. The second-order valence-electron chi connectivity index (χ2n) is 4.86. The molecule has 1 heterocycles. The van der Waals surface area contributed by atoms with Gasteiger partial charge in [-0.25, -0.2) is 0 Å². The smallest absolute Gasteiger partial charge is 0.120 e. The zero-order chi connectivity index (χ0) is 15.1. The maximum atomic E-state index is 5.71. The quantitative estimate of drug-likeness (QED) is 0.650. The minimum atomic E-state index is 0.604. The van der Waals surface area contributed by atoms with Crippen LogP contribution in [-0.4, -0.2) is 18.6 Å². The van der Waals surface area contributed by atoms with Gasteiger partial charge >= 0.3 is 0 Å². The Morgan fingerprint density at radius 2 is 2.29 bits per heavy atom. The molecule has 0 atom stereocenters. The van der Waals surface area contributed by atoms with Crippen molar-refractivity contribution < 1.29 is 4.74 Å². The second-order valence-corrected chi connectivity index (χ2v) is 5.77. The van der Waals surface area contributed by atoms with Crippen LogP contribution in [-0.2, 0) is 4.74 Å². The van der Waals surface area contributed by atoms with Crippen LogP contribution in [0.15, 0.2) is 83.2 Å². The van der Waals surface area contributed by atoms with Crippen molar-refractivity contribution in [1.82, 2.24) is 0 Å². The molecular weight excluding hydrogens is 276 g/mol. The van der Waals surface area contributed by atoms with Gasteiger partial charge in [-0.3, -0.25) is 0 Å². The van der Waals surface area contributed by atoms with E-state index in [-0.39, 0.29) is 0 Å². The van der Waals surface area contributed by atoms with Gasteiger partial charge in [0, 0.05) is 16.9 Å². The van der Waals surface area contributed by atoms with Crippen molar-refractivity contribution >= 4 is 11.8 Å². The Hall–Kier alpha value is -1.67. The van der Waals surface area contributed by atoms with Crippen molar-refractivity contribution in [3.8, 4) is 0 Å². The largest absolute Gasteiger partial charge is 0.489 e. The monoisotopic (exact) mass is 298 g/mol. The summed E-state index contributed by atoms with van der Waals surface area (Å²) in [6.07, 6.45) is 20.3. The molecule has 0 saturated heterocycles. The highest BCUT2D eigenvalue weighted by Crippen LogP contribution is 2.35. The highest BCUT2D eigenvalue weighted by atomic mass is 32.2. The molecule has 2 rings (SSSR count). The Bertz CT molecular complexity index is 583. The van der Waals surface area contributed by atoms with E-state index in [9.17, 15) is 0 Å². The fourth-order valence-electron chi connectivity index (χ4n) is 2.42. The molecule has 0 aromatic carbocycles. The standard InChI is InChI=1S/C19H22OS/c1-4-16(12-9-13-21-3)18-14-20-15(2)19(18)17-10-7-5-6-8-11-17/h4-5,7-12H,2,6,13-14H2,1,3H3/b12-9-,16-4+. The second kappa shape index (κ2) is 7.94. The molecule has 110 valence electrons. The van der Waals surface area contributed by atoms with Gasteiger partial charge in [0.1, 0.15) is 12.4 Å². The Labute approximate surface area is 132 Å². The maximum Gasteiger partial charge on any atom is 0.120 e. The van der Waals surface area contributed by atoms with Crippen molar-refractivity contribution in [1.29, 1.82) is 0 Å². The van der Waals surface area contributed by atoms with Gasteiger partial charge in [-0.05, 0) is 30.7 Å². The van der Waals surface area contributed by atoms with E-state index in [1.54, 1.807) is 0 Å². The highest BCUT2D eigenvalue weighted by molar-refractivity contribution is 7.98. The molecule has 0 fully saturated rings. The third-order valence-electron chi connectivity index (χ3n) is 3.46. The van der Waals surface area contributed by atoms with E-state index in [1.165, 1.54) is 16.7 Å². The summed E-state index contributed by atoms with van der Waals surface area (Å²) >= 11 is 1.82. The zero-order valence-corrected chi connectivity index (χ0v) is 13.6. The first-order chi connectivity index (χ1) is 10.3. The van der Waals surface area contributed by atoms with Crippen LogP contribution in [0, 0.1) is 0 Å². The van der Waals surface area contributed by atoms with E-state index in [2.05, 4.69) is 68.4 Å². The number of allylic oxidation sites excluding steroid dienone is 8. The number of thioether (sulfide) groups is 1. The van der Waals surface area contributed by atoms with Gasteiger partial charge in [0.15, 0.2) is 0 Å². The minimum absolute atomic E-state index is 0.604. The van der Waals surface area contributed by atoms with Crippen LogP contribution in [0.1, 0.15) is 13.3 Å². The molecule has 21 heavy (non-hydrogen) atoms. The summed E-state index contributed by atoms with van der Waals surface area (Å²) < 4.78 is 5.71. The predicted molar refractivity (Wildman–Crippen MR) is 94.4 cm³/mol. The van der Waals surface area contributed by atoms with E-state index >= 15 is 0 Å². The predicted octanol–water partition coefficient (Wildman–Crippen LogP) is 5.13. The molecule has 0 spiro atoms. The average molecular weight is 298 g/mol. The fourth-order valence-corrected chi connectivity index (χ4v) is 2.71. The van der Waals surface area contributed by atoms with E-state index in [1.807, 2.05) is 11.8 Å². The van der Waals surface area contributed by atoms with E-state index in [0.717, 1.165) is 23.5 Å². The summed E-state index contributed by atoms with van der Waals surface area (Å²) in [5, 5.41) is 0. The third-order valence-corrected chi connectivity index (χ3v) is 3.99. The highest BCUT2D eigenvalue weighted by Gasteiger charge is 2.23. The van der Waals surface area contributed by atoms with Crippen LogP contribution in [0.2, 0.25) is 0 Å². The fraction of sp³-hybridized carbons (Fsp3) is 0.263. The van der Waals surface area contributed by atoms with Gasteiger partial charge in [0.05, 0.1) is 0 Å². The summed E-state index contributed by atoms with van der Waals surface area (Å²) in [6.45, 7) is 6.75. The minimum Gasteiger partial charge on any atom is -0.489 e. The Balaban J connectivity index is 2.39. The molecule has 0 bridgehead atoms. The maximum absolute atomic E-state index is 5.71. The topological polar surface area (TPSA) is 9.23 Å². The van der Waals surface area contributed by atoms with Gasteiger partial charge in [0.2, 0.25) is 0 Å².